The quantitative estimate of drug-likeness (QED) is 0.848. The van der Waals surface area contributed by atoms with Crippen LogP contribution in [0.25, 0.3) is 0 Å². The zero-order chi connectivity index (χ0) is 13.0. The van der Waals surface area contributed by atoms with E-state index in [-0.39, 0.29) is 0 Å². The number of sulfonamides is 1. The molecule has 3 nitrogen and oxygen atoms in total. The zero-order valence-corrected chi connectivity index (χ0v) is 11.0. The molecule has 4 heteroatoms. The van der Waals surface area contributed by atoms with E-state index in [4.69, 9.17) is 0 Å². The van der Waals surface area contributed by atoms with Gasteiger partial charge < -0.3 is 0 Å². The van der Waals surface area contributed by atoms with Gasteiger partial charge in [0.1, 0.15) is 0 Å². The Balaban J connectivity index is 2.46. The molecule has 0 spiro atoms. The van der Waals surface area contributed by atoms with Crippen LogP contribution in [-0.4, -0.2) is 15.0 Å². The van der Waals surface area contributed by atoms with Crippen molar-refractivity contribution in [3.63, 3.8) is 0 Å². The third kappa shape index (κ3) is 2.38. The fraction of sp³-hybridized carbons (Fsp3) is 0.143. The zero-order valence-electron chi connectivity index (χ0n) is 10.2. The Labute approximate surface area is 108 Å². The van der Waals surface area contributed by atoms with Crippen molar-refractivity contribution < 1.29 is 8.42 Å². The molecule has 18 heavy (non-hydrogen) atoms. The first kappa shape index (κ1) is 12.6. The minimum absolute atomic E-state index is 0.315. The standard InChI is InChI=1S/C14H15NO2S/c1-2-15(13-9-5-3-6-10-13)18(16,17)14-11-7-4-8-12-14/h3-12H,2H2,1H3. The maximum Gasteiger partial charge on any atom is 0.264 e. The number of para-hydroxylation sites is 1. The molecule has 0 heterocycles. The number of rotatable bonds is 4. The summed E-state index contributed by atoms with van der Waals surface area (Å²) in [6.07, 6.45) is 0. The van der Waals surface area contributed by atoms with Gasteiger partial charge in [0, 0.05) is 6.54 Å². The van der Waals surface area contributed by atoms with Crippen LogP contribution < -0.4 is 4.31 Å². The van der Waals surface area contributed by atoms with Crippen molar-refractivity contribution >= 4 is 15.7 Å². The van der Waals surface area contributed by atoms with Crippen molar-refractivity contribution in [1.82, 2.24) is 0 Å². The fourth-order valence-corrected chi connectivity index (χ4v) is 3.30. The molecule has 2 aromatic rings. The molecule has 2 aromatic carbocycles. The SMILES string of the molecule is CCN(c1ccccc1)S(=O)(=O)c1ccccc1. The molecule has 0 aromatic heterocycles. The van der Waals surface area contributed by atoms with Gasteiger partial charge >= 0.3 is 0 Å². The molecule has 0 saturated heterocycles. The van der Waals surface area contributed by atoms with Crippen LogP contribution in [-0.2, 0) is 10.0 Å². The maximum atomic E-state index is 12.5. The topological polar surface area (TPSA) is 37.4 Å². The lowest BCUT2D eigenvalue weighted by Gasteiger charge is -2.22. The lowest BCUT2D eigenvalue weighted by molar-refractivity contribution is 0.592. The highest BCUT2D eigenvalue weighted by molar-refractivity contribution is 7.92. The number of hydrogen-bond acceptors (Lipinski definition) is 2. The number of anilines is 1. The molecule has 0 atom stereocenters. The van der Waals surface area contributed by atoms with E-state index in [1.54, 1.807) is 42.5 Å². The second-order valence-corrected chi connectivity index (χ2v) is 5.68. The van der Waals surface area contributed by atoms with Gasteiger partial charge in [0.15, 0.2) is 0 Å². The Kier molecular flexibility index (Phi) is 3.67. The van der Waals surface area contributed by atoms with Crippen LogP contribution in [0.5, 0.6) is 0 Å². The lowest BCUT2D eigenvalue weighted by atomic mass is 10.3. The number of nitrogens with zero attached hydrogens (tertiary/aromatic N) is 1. The highest BCUT2D eigenvalue weighted by Gasteiger charge is 2.22. The summed E-state index contributed by atoms with van der Waals surface area (Å²) < 4.78 is 26.4. The van der Waals surface area contributed by atoms with Gasteiger partial charge in [0.05, 0.1) is 10.6 Å². The van der Waals surface area contributed by atoms with Crippen LogP contribution in [0.2, 0.25) is 0 Å². The lowest BCUT2D eigenvalue weighted by Crippen LogP contribution is -2.30. The second-order valence-electron chi connectivity index (χ2n) is 3.82. The molecule has 0 aliphatic heterocycles. The van der Waals surface area contributed by atoms with E-state index < -0.39 is 10.0 Å². The van der Waals surface area contributed by atoms with Crippen molar-refractivity contribution in [2.75, 3.05) is 10.8 Å². The highest BCUT2D eigenvalue weighted by Crippen LogP contribution is 2.22. The summed E-state index contributed by atoms with van der Waals surface area (Å²) >= 11 is 0. The molecule has 0 N–H and O–H groups in total. The van der Waals surface area contributed by atoms with Gasteiger partial charge in [-0.1, -0.05) is 36.4 Å². The monoisotopic (exact) mass is 261 g/mol. The summed E-state index contributed by atoms with van der Waals surface area (Å²) in [5, 5.41) is 0. The fourth-order valence-electron chi connectivity index (χ4n) is 1.81. The molecule has 0 bridgehead atoms. The maximum absolute atomic E-state index is 12.5. The Hall–Kier alpha value is -1.81. The summed E-state index contributed by atoms with van der Waals surface area (Å²) in [6, 6.07) is 17.6. The number of hydrogen-bond donors (Lipinski definition) is 0. The van der Waals surface area contributed by atoms with E-state index in [2.05, 4.69) is 0 Å². The van der Waals surface area contributed by atoms with Gasteiger partial charge in [-0.2, -0.15) is 0 Å². The van der Waals surface area contributed by atoms with E-state index >= 15 is 0 Å². The minimum Gasteiger partial charge on any atom is -0.267 e. The summed E-state index contributed by atoms with van der Waals surface area (Å²) in [4.78, 5) is 0.315. The molecule has 0 radical (unpaired) electrons. The number of benzene rings is 2. The minimum atomic E-state index is -3.47. The largest absolute Gasteiger partial charge is 0.267 e. The van der Waals surface area contributed by atoms with Gasteiger partial charge in [0.25, 0.3) is 10.0 Å². The van der Waals surface area contributed by atoms with Crippen molar-refractivity contribution in [3.8, 4) is 0 Å². The Bertz CT molecular complexity index is 594. The van der Waals surface area contributed by atoms with Gasteiger partial charge in [-0.05, 0) is 31.2 Å². The van der Waals surface area contributed by atoms with E-state index in [1.165, 1.54) is 4.31 Å². The van der Waals surface area contributed by atoms with Crippen LogP contribution in [0, 0.1) is 0 Å². The highest BCUT2D eigenvalue weighted by atomic mass is 32.2. The van der Waals surface area contributed by atoms with Crippen molar-refractivity contribution in [1.29, 1.82) is 0 Å². The van der Waals surface area contributed by atoms with Crippen LogP contribution in [0.4, 0.5) is 5.69 Å². The molecule has 0 aliphatic rings. The average molecular weight is 261 g/mol. The van der Waals surface area contributed by atoms with E-state index in [0.717, 1.165) is 0 Å². The van der Waals surface area contributed by atoms with Gasteiger partial charge in [-0.25, -0.2) is 8.42 Å². The Morgan fingerprint density at radius 2 is 1.39 bits per heavy atom. The van der Waals surface area contributed by atoms with E-state index in [1.807, 2.05) is 25.1 Å². The first-order valence-corrected chi connectivity index (χ1v) is 7.23. The van der Waals surface area contributed by atoms with Crippen LogP contribution >= 0.6 is 0 Å². The molecule has 0 saturated carbocycles. The molecule has 94 valence electrons. The molecule has 0 fully saturated rings. The molecular formula is C14H15NO2S. The summed E-state index contributed by atoms with van der Waals surface area (Å²) in [5.74, 6) is 0. The molecule has 0 aliphatic carbocycles. The smallest absolute Gasteiger partial charge is 0.264 e. The van der Waals surface area contributed by atoms with Crippen LogP contribution in [0.1, 0.15) is 6.92 Å². The van der Waals surface area contributed by atoms with Crippen molar-refractivity contribution in [3.05, 3.63) is 60.7 Å². The predicted octanol–water partition coefficient (Wildman–Crippen LogP) is 2.90. The summed E-state index contributed by atoms with van der Waals surface area (Å²) in [5.41, 5.74) is 0.684. The third-order valence-corrected chi connectivity index (χ3v) is 4.58. The molecule has 2 rings (SSSR count). The van der Waals surface area contributed by atoms with E-state index in [9.17, 15) is 8.42 Å². The second kappa shape index (κ2) is 5.23. The molecule has 0 unspecified atom stereocenters. The van der Waals surface area contributed by atoms with Crippen LogP contribution in [0.15, 0.2) is 65.6 Å². The average Bonchev–Trinajstić information content (AvgIpc) is 2.41. The summed E-state index contributed by atoms with van der Waals surface area (Å²) in [6.45, 7) is 2.23. The summed E-state index contributed by atoms with van der Waals surface area (Å²) in [7, 11) is -3.47. The Morgan fingerprint density at radius 1 is 0.889 bits per heavy atom. The van der Waals surface area contributed by atoms with Crippen molar-refractivity contribution in [2.24, 2.45) is 0 Å². The van der Waals surface area contributed by atoms with Gasteiger partial charge in [-0.15, -0.1) is 0 Å². The van der Waals surface area contributed by atoms with E-state index in [0.29, 0.717) is 17.1 Å². The van der Waals surface area contributed by atoms with Gasteiger partial charge in [0.2, 0.25) is 0 Å². The van der Waals surface area contributed by atoms with Crippen LogP contribution in [0.3, 0.4) is 0 Å². The van der Waals surface area contributed by atoms with Gasteiger partial charge in [-0.3, -0.25) is 4.31 Å². The first-order chi connectivity index (χ1) is 8.66. The Morgan fingerprint density at radius 3 is 1.89 bits per heavy atom. The molecule has 0 amide bonds. The molecular weight excluding hydrogens is 246 g/mol. The normalized spacial score (nSPS) is 11.2. The first-order valence-electron chi connectivity index (χ1n) is 5.79. The van der Waals surface area contributed by atoms with Crippen molar-refractivity contribution in [2.45, 2.75) is 11.8 Å². The third-order valence-electron chi connectivity index (χ3n) is 2.66. The predicted molar refractivity (Wildman–Crippen MR) is 73.1 cm³/mol.